The molecular weight excluding hydrogens is 336 g/mol. The second-order valence-electron chi connectivity index (χ2n) is 4.38. The third-order valence-corrected chi connectivity index (χ3v) is 5.41. The average molecular weight is 355 g/mol. The minimum atomic E-state index is -3.87. The van der Waals surface area contributed by atoms with Crippen molar-refractivity contribution in [2.24, 2.45) is 0 Å². The lowest BCUT2D eigenvalue weighted by Gasteiger charge is -2.08. The smallest absolute Gasteiger partial charge is 0.267 e. The average Bonchev–Trinajstić information content (AvgIpc) is 2.83. The quantitative estimate of drug-likeness (QED) is 0.713. The Balaban J connectivity index is 2.87. The molecule has 9 heteroatoms. The second kappa shape index (κ2) is 7.95. The highest BCUT2D eigenvalue weighted by atomic mass is 35.7. The number of amides is 1. The highest BCUT2D eigenvalue weighted by Gasteiger charge is 2.19. The van der Waals surface area contributed by atoms with Gasteiger partial charge in [0.1, 0.15) is 10.6 Å². The van der Waals surface area contributed by atoms with Gasteiger partial charge >= 0.3 is 0 Å². The molecule has 0 spiro atoms. The van der Waals surface area contributed by atoms with E-state index in [0.717, 1.165) is 6.42 Å². The summed E-state index contributed by atoms with van der Waals surface area (Å²) in [5.74, 6) is 0.511. The first-order chi connectivity index (χ1) is 9.79. The van der Waals surface area contributed by atoms with Gasteiger partial charge in [-0.15, -0.1) is 0 Å². The number of rotatable bonds is 8. The number of halogens is 1. The van der Waals surface area contributed by atoms with Gasteiger partial charge in [-0.2, -0.15) is 0 Å². The van der Waals surface area contributed by atoms with Crippen LogP contribution in [0.15, 0.2) is 17.2 Å². The summed E-state index contributed by atoms with van der Waals surface area (Å²) in [5, 5.41) is 2.64. The summed E-state index contributed by atoms with van der Waals surface area (Å²) in [6.45, 7) is 4.51. The number of carbonyl (C=O) groups excluding carboxylic acids is 1. The topological polar surface area (TPSA) is 85.2 Å². The summed E-state index contributed by atoms with van der Waals surface area (Å²) in [7, 11) is 0.473. The number of aromatic nitrogens is 1. The summed E-state index contributed by atoms with van der Waals surface area (Å²) in [5.41, 5.74) is 0.235. The van der Waals surface area contributed by atoms with E-state index >= 15 is 0 Å². The van der Waals surface area contributed by atoms with E-state index < -0.39 is 25.8 Å². The van der Waals surface area contributed by atoms with Crippen LogP contribution >= 0.6 is 10.7 Å². The Morgan fingerprint density at radius 1 is 1.43 bits per heavy atom. The molecule has 0 radical (unpaired) electrons. The largest absolute Gasteiger partial charge is 0.350 e. The van der Waals surface area contributed by atoms with Crippen LogP contribution < -0.4 is 5.32 Å². The molecule has 1 unspecified atom stereocenters. The molecule has 0 aliphatic heterocycles. The highest BCUT2D eigenvalue weighted by molar-refractivity contribution is 8.13. The number of nitrogens with zero attached hydrogens (tertiary/aromatic N) is 1. The van der Waals surface area contributed by atoms with Crippen molar-refractivity contribution in [1.29, 1.82) is 0 Å². The van der Waals surface area contributed by atoms with Crippen LogP contribution in [0, 0.1) is 0 Å². The zero-order chi connectivity index (χ0) is 16.0. The maximum Gasteiger partial charge on any atom is 0.267 e. The van der Waals surface area contributed by atoms with Crippen molar-refractivity contribution in [1.82, 2.24) is 9.88 Å². The predicted molar refractivity (Wildman–Crippen MR) is 83.6 cm³/mol. The Morgan fingerprint density at radius 3 is 2.62 bits per heavy atom. The molecule has 1 heterocycles. The first-order valence-corrected chi connectivity index (χ1v) is 10.4. The van der Waals surface area contributed by atoms with E-state index in [9.17, 15) is 17.4 Å². The normalized spacial score (nSPS) is 13.1. The molecule has 1 rings (SSSR count). The Bertz CT molecular complexity index is 625. The van der Waals surface area contributed by atoms with Crippen molar-refractivity contribution >= 4 is 36.4 Å². The van der Waals surface area contributed by atoms with Gasteiger partial charge in [-0.1, -0.05) is 13.8 Å². The van der Waals surface area contributed by atoms with Crippen molar-refractivity contribution in [2.75, 3.05) is 18.1 Å². The predicted octanol–water partition coefficient (Wildman–Crippen LogP) is 1.32. The molecule has 0 bridgehead atoms. The van der Waals surface area contributed by atoms with Crippen LogP contribution in [0.5, 0.6) is 0 Å². The molecule has 0 aliphatic rings. The lowest BCUT2D eigenvalue weighted by atomic mass is 10.4. The fraction of sp³-hybridized carbons (Fsp3) is 0.583. The lowest BCUT2D eigenvalue weighted by molar-refractivity contribution is 0.0946. The van der Waals surface area contributed by atoms with Crippen LogP contribution in [0.3, 0.4) is 0 Å². The van der Waals surface area contributed by atoms with Crippen LogP contribution in [0.2, 0.25) is 0 Å². The van der Waals surface area contributed by atoms with E-state index in [1.54, 1.807) is 4.57 Å². The number of hydrogen-bond donors (Lipinski definition) is 1. The Labute approximate surface area is 131 Å². The zero-order valence-corrected chi connectivity index (χ0v) is 14.4. The van der Waals surface area contributed by atoms with Crippen LogP contribution in [-0.2, 0) is 26.4 Å². The Kier molecular flexibility index (Phi) is 6.89. The molecule has 1 aromatic heterocycles. The minimum absolute atomic E-state index is 0.0973. The van der Waals surface area contributed by atoms with E-state index in [2.05, 4.69) is 5.32 Å². The van der Waals surface area contributed by atoms with Gasteiger partial charge < -0.3 is 9.88 Å². The third-order valence-electron chi connectivity index (χ3n) is 2.79. The Morgan fingerprint density at radius 2 is 2.10 bits per heavy atom. The molecule has 0 saturated heterocycles. The molecular formula is C12H19ClN2O4S2. The third kappa shape index (κ3) is 5.44. The van der Waals surface area contributed by atoms with Crippen LogP contribution in [-0.4, -0.2) is 41.2 Å². The molecule has 0 saturated carbocycles. The van der Waals surface area contributed by atoms with Gasteiger partial charge in [-0.25, -0.2) is 8.42 Å². The van der Waals surface area contributed by atoms with E-state index in [1.807, 2.05) is 13.8 Å². The summed E-state index contributed by atoms with van der Waals surface area (Å²) < 4.78 is 35.5. The molecule has 1 amide bonds. The number of carbonyl (C=O) groups is 1. The van der Waals surface area contributed by atoms with Crippen molar-refractivity contribution < 1.29 is 17.4 Å². The highest BCUT2D eigenvalue weighted by Crippen LogP contribution is 2.19. The van der Waals surface area contributed by atoms with Gasteiger partial charge in [-0.05, 0) is 12.5 Å². The van der Waals surface area contributed by atoms with Gasteiger partial charge in [0.25, 0.3) is 15.0 Å². The standard InChI is InChI=1S/C12H19ClN2O4S2/c1-3-6-15-9-10(21(13,18)19)8-11(15)12(16)14-5-7-20(17)4-2/h8-9H,3-7H2,1-2H3,(H,14,16). The fourth-order valence-corrected chi connectivity index (χ4v) is 3.12. The summed E-state index contributed by atoms with van der Waals surface area (Å²) in [4.78, 5) is 12.0. The second-order valence-corrected chi connectivity index (χ2v) is 8.81. The number of aryl methyl sites for hydroxylation is 1. The zero-order valence-electron chi connectivity index (χ0n) is 12.0. The van der Waals surface area contributed by atoms with Crippen molar-refractivity contribution in [3.05, 3.63) is 18.0 Å². The molecule has 0 aliphatic carbocycles. The summed E-state index contributed by atoms with van der Waals surface area (Å²) in [6, 6.07) is 1.25. The van der Waals surface area contributed by atoms with Crippen molar-refractivity contribution in [3.63, 3.8) is 0 Å². The molecule has 6 nitrogen and oxygen atoms in total. The molecule has 1 N–H and O–H groups in total. The van der Waals surface area contributed by atoms with E-state index in [-0.39, 0.29) is 17.1 Å². The maximum atomic E-state index is 12.1. The SMILES string of the molecule is CCCn1cc(S(=O)(=O)Cl)cc1C(=O)NCCS(=O)CC. The summed E-state index contributed by atoms with van der Waals surface area (Å²) in [6.07, 6.45) is 2.10. The lowest BCUT2D eigenvalue weighted by Crippen LogP contribution is -2.29. The molecule has 0 fully saturated rings. The fourth-order valence-electron chi connectivity index (χ4n) is 1.75. The molecule has 1 atom stereocenters. The molecule has 21 heavy (non-hydrogen) atoms. The van der Waals surface area contributed by atoms with Gasteiger partial charge in [0.2, 0.25) is 0 Å². The molecule has 1 aromatic rings. The molecule has 0 aromatic carbocycles. The van der Waals surface area contributed by atoms with Gasteiger partial charge in [0.15, 0.2) is 0 Å². The van der Waals surface area contributed by atoms with Gasteiger partial charge in [0.05, 0.1) is 0 Å². The number of nitrogens with one attached hydrogen (secondary N) is 1. The molecule has 120 valence electrons. The van der Waals surface area contributed by atoms with Crippen molar-refractivity contribution in [3.8, 4) is 0 Å². The number of hydrogen-bond acceptors (Lipinski definition) is 4. The van der Waals surface area contributed by atoms with Gasteiger partial charge in [-0.3, -0.25) is 9.00 Å². The monoisotopic (exact) mass is 354 g/mol. The first kappa shape index (κ1) is 18.2. The summed E-state index contributed by atoms with van der Waals surface area (Å²) >= 11 is 0. The maximum absolute atomic E-state index is 12.1. The van der Waals surface area contributed by atoms with E-state index in [0.29, 0.717) is 18.1 Å². The van der Waals surface area contributed by atoms with Crippen molar-refractivity contribution in [2.45, 2.75) is 31.7 Å². The van der Waals surface area contributed by atoms with Crippen LogP contribution in [0.1, 0.15) is 30.8 Å². The first-order valence-electron chi connectivity index (χ1n) is 6.57. The van der Waals surface area contributed by atoms with Crippen LogP contribution in [0.25, 0.3) is 0 Å². The van der Waals surface area contributed by atoms with E-state index in [4.69, 9.17) is 10.7 Å². The minimum Gasteiger partial charge on any atom is -0.350 e. The van der Waals surface area contributed by atoms with Crippen LogP contribution in [0.4, 0.5) is 0 Å². The van der Waals surface area contributed by atoms with E-state index in [1.165, 1.54) is 12.3 Å². The Hall–Kier alpha value is -0.860. The van der Waals surface area contributed by atoms with Gasteiger partial charge in [0, 0.05) is 52.3 Å².